The molecule has 0 spiro atoms. The number of halogens is 4. The van der Waals surface area contributed by atoms with Crippen LogP contribution in [0.4, 0.5) is 17.6 Å². The molecule has 0 aliphatic carbocycles. The first-order chi connectivity index (χ1) is 15.5. The molecular weight excluding hydrogens is 442 g/mol. The number of alkyl halides is 3. The molecule has 2 aromatic carbocycles. The third-order valence-electron chi connectivity index (χ3n) is 5.34. The van der Waals surface area contributed by atoms with Crippen LogP contribution < -0.4 is 9.47 Å². The number of rotatable bonds is 6. The molecule has 0 saturated heterocycles. The van der Waals surface area contributed by atoms with E-state index in [9.17, 15) is 27.2 Å². The Bertz CT molecular complexity index is 1210. The van der Waals surface area contributed by atoms with Gasteiger partial charge in [0, 0.05) is 24.1 Å². The number of fused-ring (bicyclic) bond motifs is 1. The predicted molar refractivity (Wildman–Crippen MR) is 114 cm³/mol. The largest absolute Gasteiger partial charge is 0.493 e. The minimum atomic E-state index is -4.55. The molecule has 0 atom stereocenters. The van der Waals surface area contributed by atoms with Gasteiger partial charge in [-0.25, -0.2) is 4.39 Å². The van der Waals surface area contributed by atoms with E-state index < -0.39 is 29.4 Å². The van der Waals surface area contributed by atoms with Crippen LogP contribution in [0, 0.1) is 12.7 Å². The number of methoxy groups -OCH3 is 1. The first-order valence-corrected chi connectivity index (χ1v) is 10.3. The average molecular weight is 465 g/mol. The zero-order valence-corrected chi connectivity index (χ0v) is 18.6. The number of carbonyl (C=O) groups excluding carboxylic acids is 2. The summed E-state index contributed by atoms with van der Waals surface area (Å²) in [5.41, 5.74) is -0.128. The van der Waals surface area contributed by atoms with Gasteiger partial charge in [-0.05, 0) is 44.0 Å². The van der Waals surface area contributed by atoms with E-state index in [1.807, 2.05) is 6.92 Å². The summed E-state index contributed by atoms with van der Waals surface area (Å²) in [5, 5.41) is 0.356. The quantitative estimate of drug-likeness (QED) is 0.327. The normalized spacial score (nSPS) is 11.6. The van der Waals surface area contributed by atoms with Gasteiger partial charge in [-0.2, -0.15) is 13.2 Å². The molecule has 0 radical (unpaired) electrons. The highest BCUT2D eigenvalue weighted by Gasteiger charge is 2.31. The number of aromatic nitrogens is 1. The number of unbranched alkanes of at least 4 members (excludes halogenated alkanes) is 1. The highest BCUT2D eigenvalue weighted by Crippen LogP contribution is 2.42. The molecule has 1 aromatic heterocycles. The maximum atomic E-state index is 15.0. The van der Waals surface area contributed by atoms with Gasteiger partial charge < -0.3 is 9.47 Å². The van der Waals surface area contributed by atoms with E-state index in [1.165, 1.54) is 21.0 Å². The van der Waals surface area contributed by atoms with Gasteiger partial charge in [0.1, 0.15) is 0 Å². The summed E-state index contributed by atoms with van der Waals surface area (Å²) in [6, 6.07) is 4.82. The lowest BCUT2D eigenvalue weighted by Gasteiger charge is -2.13. The molecule has 0 amide bonds. The van der Waals surface area contributed by atoms with Gasteiger partial charge in [-0.3, -0.25) is 14.2 Å². The van der Waals surface area contributed by atoms with Crippen LogP contribution in [0.3, 0.4) is 0 Å². The summed E-state index contributed by atoms with van der Waals surface area (Å²) in [6.07, 6.45) is -2.66. The zero-order chi connectivity index (χ0) is 24.5. The van der Waals surface area contributed by atoms with E-state index in [2.05, 4.69) is 0 Å². The van der Waals surface area contributed by atoms with E-state index in [-0.39, 0.29) is 28.3 Å². The standard InChI is InChI=1S/C24H23F4NO4/c1-5-6-7-17-20-19(12-18(25)22(17)32-4)29(13(2)21(20)33-14(3)30)23(31)15-8-10-16(11-9-15)24(26,27)28/h8-12H,5-7H2,1-4H3. The molecular formula is C24H23F4NO4. The molecule has 176 valence electrons. The number of esters is 1. The van der Waals surface area contributed by atoms with Crippen molar-refractivity contribution in [1.82, 2.24) is 4.57 Å². The molecule has 0 unspecified atom stereocenters. The van der Waals surface area contributed by atoms with Crippen LogP contribution in [-0.4, -0.2) is 23.6 Å². The van der Waals surface area contributed by atoms with Gasteiger partial charge in [0.2, 0.25) is 0 Å². The summed E-state index contributed by atoms with van der Waals surface area (Å²) >= 11 is 0. The Hall–Kier alpha value is -3.36. The van der Waals surface area contributed by atoms with Crippen LogP contribution in [-0.2, 0) is 17.4 Å². The van der Waals surface area contributed by atoms with Crippen molar-refractivity contribution in [2.75, 3.05) is 7.11 Å². The molecule has 33 heavy (non-hydrogen) atoms. The number of hydrogen-bond acceptors (Lipinski definition) is 4. The lowest BCUT2D eigenvalue weighted by Crippen LogP contribution is -2.15. The van der Waals surface area contributed by atoms with E-state index in [1.54, 1.807) is 0 Å². The van der Waals surface area contributed by atoms with Gasteiger partial charge in [-0.1, -0.05) is 13.3 Å². The minimum absolute atomic E-state index is 0.0107. The van der Waals surface area contributed by atoms with Crippen molar-refractivity contribution in [3.05, 3.63) is 58.5 Å². The van der Waals surface area contributed by atoms with E-state index in [0.717, 1.165) is 41.3 Å². The van der Waals surface area contributed by atoms with Crippen molar-refractivity contribution in [2.24, 2.45) is 0 Å². The number of carbonyl (C=O) groups is 2. The fraction of sp³-hybridized carbons (Fsp3) is 0.333. The summed E-state index contributed by atoms with van der Waals surface area (Å²) in [7, 11) is 1.32. The van der Waals surface area contributed by atoms with Crippen molar-refractivity contribution < 1.29 is 36.6 Å². The molecule has 5 nitrogen and oxygen atoms in total. The van der Waals surface area contributed by atoms with Crippen molar-refractivity contribution in [2.45, 2.75) is 46.2 Å². The van der Waals surface area contributed by atoms with Gasteiger partial charge in [0.25, 0.3) is 5.91 Å². The Morgan fingerprint density at radius 2 is 1.73 bits per heavy atom. The van der Waals surface area contributed by atoms with E-state index in [4.69, 9.17) is 9.47 Å². The van der Waals surface area contributed by atoms with Crippen molar-refractivity contribution in [3.63, 3.8) is 0 Å². The smallest absolute Gasteiger partial charge is 0.416 e. The molecule has 0 N–H and O–H groups in total. The first kappa shape index (κ1) is 24.3. The number of aryl methyl sites for hydroxylation is 1. The molecule has 0 fully saturated rings. The van der Waals surface area contributed by atoms with Crippen molar-refractivity contribution >= 4 is 22.8 Å². The van der Waals surface area contributed by atoms with E-state index in [0.29, 0.717) is 23.8 Å². The maximum absolute atomic E-state index is 15.0. The van der Waals surface area contributed by atoms with Gasteiger partial charge >= 0.3 is 12.1 Å². The topological polar surface area (TPSA) is 57.5 Å². The SMILES string of the molecule is CCCCc1c(OC)c(F)cc2c1c(OC(C)=O)c(C)n2C(=O)c1ccc(C(F)(F)F)cc1. The Kier molecular flexibility index (Phi) is 6.81. The predicted octanol–water partition coefficient (Wildman–Crippen LogP) is 6.07. The number of ether oxygens (including phenoxy) is 2. The maximum Gasteiger partial charge on any atom is 0.416 e. The Morgan fingerprint density at radius 1 is 1.09 bits per heavy atom. The Labute approximate surface area is 187 Å². The molecule has 0 aliphatic rings. The van der Waals surface area contributed by atoms with Crippen molar-refractivity contribution in [1.29, 1.82) is 0 Å². The number of hydrogen-bond donors (Lipinski definition) is 0. The average Bonchev–Trinajstić information content (AvgIpc) is 3.01. The number of nitrogens with zero attached hydrogens (tertiary/aromatic N) is 1. The molecule has 9 heteroatoms. The highest BCUT2D eigenvalue weighted by atomic mass is 19.4. The van der Waals surface area contributed by atoms with Gasteiger partial charge in [0.05, 0.1) is 29.3 Å². The molecule has 3 aromatic rings. The molecule has 0 bridgehead atoms. The summed E-state index contributed by atoms with van der Waals surface area (Å²) in [6.45, 7) is 4.68. The van der Waals surface area contributed by atoms with Crippen LogP contribution in [0.1, 0.15) is 53.9 Å². The third kappa shape index (κ3) is 4.58. The van der Waals surface area contributed by atoms with Gasteiger partial charge in [-0.15, -0.1) is 0 Å². The lowest BCUT2D eigenvalue weighted by atomic mass is 10.0. The van der Waals surface area contributed by atoms with Crippen LogP contribution >= 0.6 is 0 Å². The Morgan fingerprint density at radius 3 is 2.24 bits per heavy atom. The minimum Gasteiger partial charge on any atom is -0.493 e. The number of benzene rings is 2. The Balaban J connectivity index is 2.29. The van der Waals surface area contributed by atoms with Crippen LogP contribution in [0.15, 0.2) is 30.3 Å². The summed E-state index contributed by atoms with van der Waals surface area (Å²) in [5.74, 6) is -1.95. The first-order valence-electron chi connectivity index (χ1n) is 10.3. The van der Waals surface area contributed by atoms with Gasteiger partial charge in [0.15, 0.2) is 17.3 Å². The zero-order valence-electron chi connectivity index (χ0n) is 18.6. The van der Waals surface area contributed by atoms with Crippen molar-refractivity contribution in [3.8, 4) is 11.5 Å². The second-order valence-corrected chi connectivity index (χ2v) is 7.59. The fourth-order valence-corrected chi connectivity index (χ4v) is 3.84. The third-order valence-corrected chi connectivity index (χ3v) is 5.34. The van der Waals surface area contributed by atoms with Crippen LogP contribution in [0.25, 0.3) is 10.9 Å². The summed E-state index contributed by atoms with van der Waals surface area (Å²) in [4.78, 5) is 25.1. The molecule has 1 heterocycles. The molecule has 3 rings (SSSR count). The van der Waals surface area contributed by atoms with Crippen LogP contribution in [0.5, 0.6) is 11.5 Å². The molecule has 0 saturated carbocycles. The van der Waals surface area contributed by atoms with E-state index >= 15 is 0 Å². The monoisotopic (exact) mass is 465 g/mol. The van der Waals surface area contributed by atoms with Crippen LogP contribution in [0.2, 0.25) is 0 Å². The molecule has 0 aliphatic heterocycles. The second-order valence-electron chi connectivity index (χ2n) is 7.59. The lowest BCUT2D eigenvalue weighted by molar-refractivity contribution is -0.137. The summed E-state index contributed by atoms with van der Waals surface area (Å²) < 4.78 is 65.5. The fourth-order valence-electron chi connectivity index (χ4n) is 3.84. The second kappa shape index (κ2) is 9.25. The highest BCUT2D eigenvalue weighted by molar-refractivity contribution is 6.07.